The van der Waals surface area contributed by atoms with Crippen LogP contribution in [0.3, 0.4) is 0 Å². The second kappa shape index (κ2) is 12.2. The largest absolute Gasteiger partial charge is 0.456 e. The SMILES string of the molecule is Cc1ccc(N(c2ccc(C)cc2)c2ccc3c(c2)Oc2cccc4c(B(c5c(C)cccc5C)c5c(C)cccc5C)ccc-3c24)cc1. The summed E-state index contributed by atoms with van der Waals surface area (Å²) in [6.45, 7) is 13.4. The van der Waals surface area contributed by atoms with Crippen molar-refractivity contribution in [3.8, 4) is 22.6 Å². The molecule has 49 heavy (non-hydrogen) atoms. The fourth-order valence-corrected chi connectivity index (χ4v) is 7.89. The highest BCUT2D eigenvalue weighted by atomic mass is 16.5. The van der Waals surface area contributed by atoms with Crippen LogP contribution in [-0.2, 0) is 0 Å². The van der Waals surface area contributed by atoms with Gasteiger partial charge in [0.1, 0.15) is 11.5 Å². The maximum atomic E-state index is 6.86. The van der Waals surface area contributed by atoms with Crippen LogP contribution >= 0.6 is 0 Å². The molecule has 0 saturated carbocycles. The van der Waals surface area contributed by atoms with Gasteiger partial charge in [0.2, 0.25) is 6.71 Å². The highest BCUT2D eigenvalue weighted by Crippen LogP contribution is 2.48. The third-order valence-electron chi connectivity index (χ3n) is 10.3. The number of anilines is 3. The van der Waals surface area contributed by atoms with Crippen LogP contribution < -0.4 is 26.0 Å². The van der Waals surface area contributed by atoms with E-state index >= 15 is 0 Å². The third kappa shape index (κ3) is 5.31. The average Bonchev–Trinajstić information content (AvgIpc) is 3.09. The second-order valence-electron chi connectivity index (χ2n) is 13.7. The van der Waals surface area contributed by atoms with E-state index in [-0.39, 0.29) is 6.71 Å². The fraction of sp³-hybridized carbons (Fsp3) is 0.130. The molecule has 0 aromatic heterocycles. The molecule has 0 fully saturated rings. The first-order chi connectivity index (χ1) is 23.8. The maximum absolute atomic E-state index is 6.86. The van der Waals surface area contributed by atoms with Gasteiger partial charge in [-0.25, -0.2) is 0 Å². The van der Waals surface area contributed by atoms with Crippen molar-refractivity contribution in [1.82, 2.24) is 0 Å². The van der Waals surface area contributed by atoms with Crippen LogP contribution in [0.2, 0.25) is 0 Å². The Hall–Kier alpha value is -5.54. The molecule has 7 aromatic rings. The molecule has 0 N–H and O–H groups in total. The molecule has 0 saturated heterocycles. The minimum Gasteiger partial charge on any atom is -0.456 e. The van der Waals surface area contributed by atoms with Crippen molar-refractivity contribution in [2.24, 2.45) is 0 Å². The zero-order valence-corrected chi connectivity index (χ0v) is 29.1. The van der Waals surface area contributed by atoms with E-state index in [2.05, 4.69) is 180 Å². The van der Waals surface area contributed by atoms with Gasteiger partial charge in [0.25, 0.3) is 0 Å². The van der Waals surface area contributed by atoms with Gasteiger partial charge in [-0.1, -0.05) is 135 Å². The van der Waals surface area contributed by atoms with Crippen molar-refractivity contribution in [3.63, 3.8) is 0 Å². The third-order valence-corrected chi connectivity index (χ3v) is 10.3. The highest BCUT2D eigenvalue weighted by molar-refractivity contribution is 6.98. The molecule has 0 spiro atoms. The summed E-state index contributed by atoms with van der Waals surface area (Å²) in [5, 5.41) is 2.41. The van der Waals surface area contributed by atoms with Crippen molar-refractivity contribution >= 4 is 50.9 Å². The normalized spacial score (nSPS) is 11.6. The number of hydrogen-bond acceptors (Lipinski definition) is 2. The van der Waals surface area contributed by atoms with Gasteiger partial charge >= 0.3 is 0 Å². The minimum absolute atomic E-state index is 0.0908. The molecule has 0 bridgehead atoms. The molecule has 0 unspecified atom stereocenters. The quantitative estimate of drug-likeness (QED) is 0.169. The summed E-state index contributed by atoms with van der Waals surface area (Å²) in [6.07, 6.45) is 0. The first-order valence-electron chi connectivity index (χ1n) is 17.2. The Morgan fingerprint density at radius 2 is 0.939 bits per heavy atom. The number of hydrogen-bond donors (Lipinski definition) is 0. The monoisotopic (exact) mass is 633 g/mol. The van der Waals surface area contributed by atoms with Crippen molar-refractivity contribution in [3.05, 3.63) is 167 Å². The lowest BCUT2D eigenvalue weighted by Gasteiger charge is -2.29. The molecule has 1 aliphatic rings. The van der Waals surface area contributed by atoms with Crippen LogP contribution in [0.5, 0.6) is 11.5 Å². The van der Waals surface area contributed by atoms with Gasteiger partial charge in [-0.05, 0) is 95.0 Å². The van der Waals surface area contributed by atoms with Gasteiger partial charge in [-0.3, -0.25) is 0 Å². The van der Waals surface area contributed by atoms with Gasteiger partial charge in [0.15, 0.2) is 0 Å². The zero-order chi connectivity index (χ0) is 33.8. The lowest BCUT2D eigenvalue weighted by atomic mass is 9.33. The van der Waals surface area contributed by atoms with E-state index in [1.54, 1.807) is 0 Å². The van der Waals surface area contributed by atoms with Crippen LogP contribution in [0, 0.1) is 41.5 Å². The topological polar surface area (TPSA) is 12.5 Å². The zero-order valence-electron chi connectivity index (χ0n) is 29.1. The van der Waals surface area contributed by atoms with E-state index in [9.17, 15) is 0 Å². The van der Waals surface area contributed by atoms with Gasteiger partial charge in [0.05, 0.1) is 0 Å². The van der Waals surface area contributed by atoms with E-state index in [1.165, 1.54) is 66.1 Å². The van der Waals surface area contributed by atoms with E-state index in [1.807, 2.05) is 0 Å². The van der Waals surface area contributed by atoms with Crippen molar-refractivity contribution in [2.45, 2.75) is 41.5 Å². The number of ether oxygens (including phenoxy) is 1. The molecule has 1 aliphatic heterocycles. The summed E-state index contributed by atoms with van der Waals surface area (Å²) in [6, 6.07) is 48.7. The number of benzene rings is 7. The van der Waals surface area contributed by atoms with E-state index < -0.39 is 0 Å². The minimum atomic E-state index is 0.0908. The summed E-state index contributed by atoms with van der Waals surface area (Å²) in [5.41, 5.74) is 17.4. The predicted molar refractivity (Wildman–Crippen MR) is 210 cm³/mol. The molecular weight excluding hydrogens is 593 g/mol. The van der Waals surface area contributed by atoms with Gasteiger partial charge < -0.3 is 9.64 Å². The Labute approximate surface area is 290 Å². The lowest BCUT2D eigenvalue weighted by Crippen LogP contribution is -2.56. The number of nitrogens with zero attached hydrogens (tertiary/aromatic N) is 1. The standard InChI is InChI=1S/C46H40BNO/c1-29-16-20-35(21-17-29)48(36-22-18-30(2)19-23-36)37-24-25-38-39-26-27-41(40-14-9-15-42(44(39)40)49-43(38)28-37)47(45-31(3)10-7-11-32(45)4)46-33(5)12-8-13-34(46)6/h7-28H,1-6H3. The van der Waals surface area contributed by atoms with E-state index in [4.69, 9.17) is 4.74 Å². The van der Waals surface area contributed by atoms with E-state index in [0.717, 1.165) is 34.1 Å². The van der Waals surface area contributed by atoms with Crippen LogP contribution in [0.25, 0.3) is 21.9 Å². The Morgan fingerprint density at radius 3 is 1.49 bits per heavy atom. The summed E-state index contributed by atoms with van der Waals surface area (Å²) in [5.74, 6) is 1.77. The number of rotatable bonds is 6. The molecular formula is C46H40BNO. The summed E-state index contributed by atoms with van der Waals surface area (Å²) >= 11 is 0. The molecule has 3 heteroatoms. The van der Waals surface area contributed by atoms with Crippen LogP contribution in [0.15, 0.2) is 133 Å². The molecule has 8 rings (SSSR count). The average molecular weight is 634 g/mol. The summed E-state index contributed by atoms with van der Waals surface area (Å²) < 4.78 is 6.86. The molecule has 0 atom stereocenters. The molecule has 2 nitrogen and oxygen atoms in total. The molecule has 238 valence electrons. The molecule has 1 heterocycles. The maximum Gasteiger partial charge on any atom is 0.243 e. The Kier molecular flexibility index (Phi) is 7.64. The number of aryl methyl sites for hydroxylation is 6. The van der Waals surface area contributed by atoms with Crippen molar-refractivity contribution in [1.29, 1.82) is 0 Å². The van der Waals surface area contributed by atoms with Crippen molar-refractivity contribution < 1.29 is 4.74 Å². The first kappa shape index (κ1) is 30.8. The second-order valence-corrected chi connectivity index (χ2v) is 13.7. The predicted octanol–water partition coefficient (Wildman–Crippen LogP) is 10.4. The van der Waals surface area contributed by atoms with Crippen LogP contribution in [0.1, 0.15) is 33.4 Å². The lowest BCUT2D eigenvalue weighted by molar-refractivity contribution is 0.487. The Bertz CT molecular complexity index is 2240. The summed E-state index contributed by atoms with van der Waals surface area (Å²) in [7, 11) is 0. The fourth-order valence-electron chi connectivity index (χ4n) is 7.89. The Morgan fingerprint density at radius 1 is 0.449 bits per heavy atom. The van der Waals surface area contributed by atoms with Crippen LogP contribution in [0.4, 0.5) is 17.1 Å². The Balaban J connectivity index is 1.31. The van der Waals surface area contributed by atoms with Gasteiger partial charge in [-0.15, -0.1) is 0 Å². The number of fused-ring (bicyclic) bond motifs is 2. The molecule has 0 radical (unpaired) electrons. The molecule has 7 aromatic carbocycles. The van der Waals surface area contributed by atoms with Crippen molar-refractivity contribution in [2.75, 3.05) is 4.90 Å². The summed E-state index contributed by atoms with van der Waals surface area (Å²) in [4.78, 5) is 2.31. The first-order valence-corrected chi connectivity index (χ1v) is 17.2. The van der Waals surface area contributed by atoms with Gasteiger partial charge in [0, 0.05) is 34.1 Å². The van der Waals surface area contributed by atoms with E-state index in [0.29, 0.717) is 0 Å². The van der Waals surface area contributed by atoms with Crippen LogP contribution in [-0.4, -0.2) is 6.71 Å². The smallest absolute Gasteiger partial charge is 0.243 e. The molecule has 0 amide bonds. The van der Waals surface area contributed by atoms with Gasteiger partial charge in [-0.2, -0.15) is 0 Å². The molecule has 0 aliphatic carbocycles. The highest BCUT2D eigenvalue weighted by Gasteiger charge is 2.31.